The van der Waals surface area contributed by atoms with Crippen LogP contribution in [-0.2, 0) is 4.74 Å². The molecule has 3 atom stereocenters. The Morgan fingerprint density at radius 3 is 2.50 bits per heavy atom. The zero-order valence-electron chi connectivity index (χ0n) is 5.07. The number of alkyl halides is 1. The SMILES string of the molecule is OC[C@H]1O[CH][C@](O)(F)[C@@H]1O. The van der Waals surface area contributed by atoms with E-state index in [0.29, 0.717) is 6.61 Å². The van der Waals surface area contributed by atoms with Crippen LogP contribution < -0.4 is 0 Å². The van der Waals surface area contributed by atoms with E-state index in [4.69, 9.17) is 15.3 Å². The Hall–Kier alpha value is -0.230. The first-order valence-electron chi connectivity index (χ1n) is 2.78. The number of halogens is 1. The average molecular weight is 151 g/mol. The van der Waals surface area contributed by atoms with Gasteiger partial charge in [0.2, 0.25) is 0 Å². The molecule has 59 valence electrons. The number of hydrogen-bond acceptors (Lipinski definition) is 4. The van der Waals surface area contributed by atoms with E-state index in [1.807, 2.05) is 0 Å². The van der Waals surface area contributed by atoms with Crippen molar-refractivity contribution >= 4 is 0 Å². The Morgan fingerprint density at radius 2 is 2.30 bits per heavy atom. The number of aliphatic hydroxyl groups is 3. The average Bonchev–Trinajstić information content (AvgIpc) is 2.10. The predicted octanol–water partition coefficient (Wildman–Crippen LogP) is -1.44. The summed E-state index contributed by atoms with van der Waals surface area (Å²) in [5, 5.41) is 25.7. The van der Waals surface area contributed by atoms with Crippen LogP contribution in [0.4, 0.5) is 4.39 Å². The van der Waals surface area contributed by atoms with E-state index >= 15 is 0 Å². The molecule has 1 radical (unpaired) electrons. The van der Waals surface area contributed by atoms with Crippen molar-refractivity contribution in [3.63, 3.8) is 0 Å². The highest BCUT2D eigenvalue weighted by atomic mass is 19.2. The number of hydrogen-bond donors (Lipinski definition) is 3. The van der Waals surface area contributed by atoms with Gasteiger partial charge in [-0.3, -0.25) is 0 Å². The quantitative estimate of drug-likeness (QED) is 0.429. The molecular weight excluding hydrogens is 143 g/mol. The van der Waals surface area contributed by atoms with Gasteiger partial charge >= 0.3 is 0 Å². The molecule has 0 aromatic heterocycles. The summed E-state index contributed by atoms with van der Waals surface area (Å²) in [6, 6.07) is 0. The van der Waals surface area contributed by atoms with E-state index in [2.05, 4.69) is 4.74 Å². The van der Waals surface area contributed by atoms with Crippen molar-refractivity contribution in [2.75, 3.05) is 6.61 Å². The molecule has 1 heterocycles. The Balaban J connectivity index is 2.58. The lowest BCUT2D eigenvalue weighted by atomic mass is 10.1. The van der Waals surface area contributed by atoms with E-state index in [-0.39, 0.29) is 0 Å². The highest BCUT2D eigenvalue weighted by Gasteiger charge is 2.48. The smallest absolute Gasteiger partial charge is 0.264 e. The molecule has 1 rings (SSSR count). The predicted molar refractivity (Wildman–Crippen MR) is 28.3 cm³/mol. The third kappa shape index (κ3) is 1.13. The topological polar surface area (TPSA) is 69.9 Å². The van der Waals surface area contributed by atoms with E-state index in [0.717, 1.165) is 0 Å². The first-order chi connectivity index (χ1) is 4.58. The second-order valence-electron chi connectivity index (χ2n) is 2.15. The minimum absolute atomic E-state index is 0.471. The van der Waals surface area contributed by atoms with E-state index < -0.39 is 24.7 Å². The van der Waals surface area contributed by atoms with Gasteiger partial charge in [-0.1, -0.05) is 0 Å². The minimum atomic E-state index is -2.83. The van der Waals surface area contributed by atoms with Gasteiger partial charge in [0.05, 0.1) is 6.61 Å². The first-order valence-corrected chi connectivity index (χ1v) is 2.78. The van der Waals surface area contributed by atoms with Gasteiger partial charge in [0.15, 0.2) is 6.61 Å². The van der Waals surface area contributed by atoms with E-state index in [1.165, 1.54) is 0 Å². The standard InChI is InChI=1S/C5H8FO4/c6-5(9)2-10-3(1-7)4(5)8/h2-4,7-9H,1H2/t3-,4-,5-/m1/s1. The fourth-order valence-corrected chi connectivity index (χ4v) is 0.731. The number of ether oxygens (including phenoxy) is 1. The van der Waals surface area contributed by atoms with Gasteiger partial charge < -0.3 is 20.1 Å². The molecule has 0 saturated carbocycles. The van der Waals surface area contributed by atoms with Gasteiger partial charge in [0.25, 0.3) is 5.85 Å². The third-order valence-corrected chi connectivity index (χ3v) is 1.36. The molecular formula is C5H8FO4. The maximum Gasteiger partial charge on any atom is 0.264 e. The van der Waals surface area contributed by atoms with Gasteiger partial charge in [-0.05, 0) is 0 Å². The Morgan fingerprint density at radius 1 is 1.70 bits per heavy atom. The van der Waals surface area contributed by atoms with Crippen LogP contribution in [0.25, 0.3) is 0 Å². The van der Waals surface area contributed by atoms with Crippen LogP contribution in [0.2, 0.25) is 0 Å². The molecule has 4 nitrogen and oxygen atoms in total. The van der Waals surface area contributed by atoms with Crippen LogP contribution in [0.15, 0.2) is 0 Å². The molecule has 1 saturated heterocycles. The fraction of sp³-hybridized carbons (Fsp3) is 0.800. The van der Waals surface area contributed by atoms with Crippen molar-refractivity contribution < 1.29 is 24.4 Å². The van der Waals surface area contributed by atoms with Crippen molar-refractivity contribution in [3.05, 3.63) is 6.61 Å². The van der Waals surface area contributed by atoms with E-state index in [9.17, 15) is 4.39 Å². The molecule has 10 heavy (non-hydrogen) atoms. The molecule has 1 aliphatic heterocycles. The van der Waals surface area contributed by atoms with Gasteiger partial charge in [0.1, 0.15) is 12.2 Å². The van der Waals surface area contributed by atoms with Gasteiger partial charge in [-0.2, -0.15) is 0 Å². The van der Waals surface area contributed by atoms with Gasteiger partial charge in [-0.25, -0.2) is 4.39 Å². The van der Waals surface area contributed by atoms with Gasteiger partial charge in [-0.15, -0.1) is 0 Å². The molecule has 0 aromatic carbocycles. The second kappa shape index (κ2) is 2.43. The lowest BCUT2D eigenvalue weighted by Crippen LogP contribution is -2.39. The fourth-order valence-electron chi connectivity index (χ4n) is 0.731. The normalized spacial score (nSPS) is 48.0. The summed E-state index contributed by atoms with van der Waals surface area (Å²) in [6.45, 7) is -0.0531. The van der Waals surface area contributed by atoms with Crippen LogP contribution in [0.1, 0.15) is 0 Å². The van der Waals surface area contributed by atoms with Crippen molar-refractivity contribution in [1.29, 1.82) is 0 Å². The molecule has 5 heteroatoms. The van der Waals surface area contributed by atoms with Crippen molar-refractivity contribution in [1.82, 2.24) is 0 Å². The van der Waals surface area contributed by atoms with Gasteiger partial charge in [0, 0.05) is 0 Å². The van der Waals surface area contributed by atoms with E-state index in [1.54, 1.807) is 0 Å². The molecule has 0 bridgehead atoms. The van der Waals surface area contributed by atoms with Crippen LogP contribution in [0, 0.1) is 6.61 Å². The van der Waals surface area contributed by atoms with Crippen LogP contribution in [0.5, 0.6) is 0 Å². The zero-order valence-corrected chi connectivity index (χ0v) is 5.07. The summed E-state index contributed by atoms with van der Waals surface area (Å²) < 4.78 is 16.8. The monoisotopic (exact) mass is 151 g/mol. The Kier molecular flexibility index (Phi) is 1.91. The minimum Gasteiger partial charge on any atom is -0.394 e. The summed E-state index contributed by atoms with van der Waals surface area (Å²) in [7, 11) is 0. The highest BCUT2D eigenvalue weighted by molar-refractivity contribution is 4.95. The van der Waals surface area contributed by atoms with Crippen LogP contribution in [0.3, 0.4) is 0 Å². The summed E-state index contributed by atoms with van der Waals surface area (Å²) in [6.07, 6.45) is -2.76. The number of aliphatic hydroxyl groups excluding tert-OH is 2. The zero-order chi connectivity index (χ0) is 7.78. The van der Waals surface area contributed by atoms with Crippen LogP contribution in [-0.4, -0.2) is 40.0 Å². The van der Waals surface area contributed by atoms with Crippen molar-refractivity contribution in [3.8, 4) is 0 Å². The molecule has 3 N–H and O–H groups in total. The van der Waals surface area contributed by atoms with Crippen molar-refractivity contribution in [2.24, 2.45) is 0 Å². The lowest BCUT2D eigenvalue weighted by molar-refractivity contribution is -0.133. The van der Waals surface area contributed by atoms with Crippen LogP contribution >= 0.6 is 0 Å². The number of rotatable bonds is 1. The summed E-state index contributed by atoms with van der Waals surface area (Å²) >= 11 is 0. The molecule has 1 fully saturated rings. The molecule has 0 unspecified atom stereocenters. The molecule has 1 aliphatic rings. The molecule has 0 amide bonds. The molecule has 0 spiro atoms. The summed E-state index contributed by atoms with van der Waals surface area (Å²) in [4.78, 5) is 0. The van der Waals surface area contributed by atoms with Crippen molar-refractivity contribution in [2.45, 2.75) is 18.1 Å². The summed E-state index contributed by atoms with van der Waals surface area (Å²) in [5.41, 5.74) is 0. The molecule has 0 aromatic rings. The second-order valence-corrected chi connectivity index (χ2v) is 2.15. The first kappa shape index (κ1) is 7.87. The highest BCUT2D eigenvalue weighted by Crippen LogP contribution is 2.28. The third-order valence-electron chi connectivity index (χ3n) is 1.36. The molecule has 0 aliphatic carbocycles. The maximum absolute atomic E-state index is 12.5. The maximum atomic E-state index is 12.5. The lowest BCUT2D eigenvalue weighted by Gasteiger charge is -2.15. The largest absolute Gasteiger partial charge is 0.394 e. The Labute approximate surface area is 56.9 Å². The Bertz CT molecular complexity index is 127. The summed E-state index contributed by atoms with van der Waals surface area (Å²) in [5.74, 6) is -2.83.